The molecule has 0 saturated carbocycles. The van der Waals surface area contributed by atoms with Crippen LogP contribution in [0.5, 0.6) is 0 Å². The topological polar surface area (TPSA) is 40.6 Å². The van der Waals surface area contributed by atoms with Gasteiger partial charge in [-0.1, -0.05) is 66.2 Å². The van der Waals surface area contributed by atoms with Crippen LogP contribution in [0.15, 0.2) is 72.8 Å². The number of nitrogens with zero attached hydrogens (tertiary/aromatic N) is 2. The number of benzene rings is 3. The fourth-order valence-electron chi connectivity index (χ4n) is 4.05. The summed E-state index contributed by atoms with van der Waals surface area (Å²) in [6.45, 7) is 5.83. The molecule has 0 radical (unpaired) electrons. The van der Waals surface area contributed by atoms with Gasteiger partial charge in [0.25, 0.3) is 5.91 Å². The lowest BCUT2D eigenvalue weighted by atomic mass is 9.97. The van der Waals surface area contributed by atoms with E-state index in [0.717, 1.165) is 23.1 Å². The van der Waals surface area contributed by atoms with E-state index in [1.807, 2.05) is 43.3 Å². The van der Waals surface area contributed by atoms with E-state index in [1.54, 1.807) is 36.9 Å². The van der Waals surface area contributed by atoms with E-state index in [0.29, 0.717) is 17.3 Å². The molecule has 1 aliphatic heterocycles. The number of aryl methyl sites for hydroxylation is 1. The molecule has 1 aliphatic rings. The molecule has 0 N–H and O–H groups in total. The van der Waals surface area contributed by atoms with Crippen molar-refractivity contribution in [3.8, 4) is 0 Å². The molecule has 3 amide bonds. The maximum absolute atomic E-state index is 13.4. The second-order valence-electron chi connectivity index (χ2n) is 8.43. The van der Waals surface area contributed by atoms with Crippen LogP contribution in [0.4, 0.5) is 10.5 Å². The van der Waals surface area contributed by atoms with Gasteiger partial charge in [0.2, 0.25) is 0 Å². The van der Waals surface area contributed by atoms with Gasteiger partial charge in [0, 0.05) is 11.6 Å². The molecule has 31 heavy (non-hydrogen) atoms. The number of rotatable bonds is 5. The fraction of sp³-hybridized carbons (Fsp3) is 0.231. The monoisotopic (exact) mass is 432 g/mol. The highest BCUT2D eigenvalue weighted by molar-refractivity contribution is 6.31. The molecule has 4 rings (SSSR count). The molecule has 0 unspecified atom stereocenters. The fourth-order valence-corrected chi connectivity index (χ4v) is 4.28. The van der Waals surface area contributed by atoms with Gasteiger partial charge in [0.05, 0.1) is 5.69 Å². The Balaban J connectivity index is 1.66. The first-order valence-electron chi connectivity index (χ1n) is 10.3. The lowest BCUT2D eigenvalue weighted by Gasteiger charge is -2.28. The van der Waals surface area contributed by atoms with E-state index in [9.17, 15) is 9.59 Å². The predicted octanol–water partition coefficient (Wildman–Crippen LogP) is 5.99. The lowest BCUT2D eigenvalue weighted by Crippen LogP contribution is -2.43. The highest BCUT2D eigenvalue weighted by atomic mass is 35.5. The summed E-state index contributed by atoms with van der Waals surface area (Å²) in [7, 11) is 0. The first-order chi connectivity index (χ1) is 14.8. The Morgan fingerprint density at radius 3 is 2.19 bits per heavy atom. The average Bonchev–Trinajstić information content (AvgIpc) is 2.90. The third kappa shape index (κ3) is 3.96. The van der Waals surface area contributed by atoms with Gasteiger partial charge >= 0.3 is 6.03 Å². The molecule has 1 saturated heterocycles. The number of halogens is 1. The van der Waals surface area contributed by atoms with Crippen molar-refractivity contribution in [1.82, 2.24) is 4.90 Å². The van der Waals surface area contributed by atoms with Gasteiger partial charge in [0.15, 0.2) is 0 Å². The number of hydrogen-bond acceptors (Lipinski definition) is 2. The first kappa shape index (κ1) is 21.1. The quantitative estimate of drug-likeness (QED) is 0.465. The third-order valence-electron chi connectivity index (χ3n) is 5.91. The van der Waals surface area contributed by atoms with Crippen LogP contribution in [0.2, 0.25) is 5.02 Å². The van der Waals surface area contributed by atoms with Gasteiger partial charge in [-0.3, -0.25) is 4.79 Å². The smallest absolute Gasteiger partial charge is 0.305 e. The van der Waals surface area contributed by atoms with Crippen LogP contribution >= 0.6 is 11.6 Å². The van der Waals surface area contributed by atoms with Crippen LogP contribution < -0.4 is 4.90 Å². The Morgan fingerprint density at radius 1 is 0.871 bits per heavy atom. The second-order valence-corrected chi connectivity index (χ2v) is 8.87. The molecular formula is C26H25ClN2O2. The minimum absolute atomic E-state index is 0.233. The normalized spacial score (nSPS) is 15.6. The zero-order valence-electron chi connectivity index (χ0n) is 17.9. The van der Waals surface area contributed by atoms with Gasteiger partial charge in [-0.15, -0.1) is 0 Å². The van der Waals surface area contributed by atoms with Crippen molar-refractivity contribution >= 4 is 29.2 Å². The predicted molar refractivity (Wildman–Crippen MR) is 124 cm³/mol. The Morgan fingerprint density at radius 2 is 1.52 bits per heavy atom. The Hall–Kier alpha value is -3.11. The van der Waals surface area contributed by atoms with Crippen LogP contribution in [0, 0.1) is 6.92 Å². The SMILES string of the molecule is Cc1cc(Cl)ccc1N1C(=O)N(Cc2ccccc2Cc2ccccc2)C(C)(C)C1=O. The first-order valence-corrected chi connectivity index (χ1v) is 10.7. The van der Waals surface area contributed by atoms with Crippen molar-refractivity contribution in [2.75, 3.05) is 4.90 Å². The summed E-state index contributed by atoms with van der Waals surface area (Å²) in [5, 5.41) is 0.575. The van der Waals surface area contributed by atoms with Gasteiger partial charge in [-0.05, 0) is 67.6 Å². The van der Waals surface area contributed by atoms with Crippen molar-refractivity contribution in [3.05, 3.63) is 100 Å². The summed E-state index contributed by atoms with van der Waals surface area (Å²) in [6.07, 6.45) is 0.771. The van der Waals surface area contributed by atoms with Crippen LogP contribution in [0.3, 0.4) is 0 Å². The van der Waals surface area contributed by atoms with Crippen molar-refractivity contribution in [1.29, 1.82) is 0 Å². The largest absolute Gasteiger partial charge is 0.332 e. The number of hydrogen-bond donors (Lipinski definition) is 0. The minimum Gasteiger partial charge on any atom is -0.305 e. The van der Waals surface area contributed by atoms with Crippen molar-refractivity contribution in [2.45, 2.75) is 39.3 Å². The number of imide groups is 1. The van der Waals surface area contributed by atoms with E-state index in [1.165, 1.54) is 10.5 Å². The zero-order valence-corrected chi connectivity index (χ0v) is 18.7. The van der Waals surface area contributed by atoms with Crippen LogP contribution in [0.1, 0.15) is 36.1 Å². The zero-order chi connectivity index (χ0) is 22.2. The summed E-state index contributed by atoms with van der Waals surface area (Å²) in [6, 6.07) is 23.2. The minimum atomic E-state index is -0.955. The molecule has 1 fully saturated rings. The number of carbonyl (C=O) groups is 2. The van der Waals surface area contributed by atoms with Gasteiger partial charge in [-0.2, -0.15) is 0 Å². The molecule has 5 heteroatoms. The molecule has 158 valence electrons. The number of amides is 3. The number of urea groups is 1. The van der Waals surface area contributed by atoms with E-state index in [4.69, 9.17) is 11.6 Å². The van der Waals surface area contributed by atoms with Crippen molar-refractivity contribution in [3.63, 3.8) is 0 Å². The Kier molecular flexibility index (Phi) is 5.59. The molecule has 0 aromatic heterocycles. The lowest BCUT2D eigenvalue weighted by molar-refractivity contribution is -0.123. The van der Waals surface area contributed by atoms with Crippen LogP contribution in [0.25, 0.3) is 0 Å². The summed E-state index contributed by atoms with van der Waals surface area (Å²) >= 11 is 6.07. The van der Waals surface area contributed by atoms with E-state index < -0.39 is 5.54 Å². The van der Waals surface area contributed by atoms with E-state index in [-0.39, 0.29) is 11.9 Å². The average molecular weight is 433 g/mol. The molecule has 0 spiro atoms. The maximum atomic E-state index is 13.4. The van der Waals surface area contributed by atoms with E-state index in [2.05, 4.69) is 18.2 Å². The van der Waals surface area contributed by atoms with Gasteiger partial charge in [0.1, 0.15) is 5.54 Å². The highest BCUT2D eigenvalue weighted by Crippen LogP contribution is 2.36. The molecule has 4 nitrogen and oxygen atoms in total. The number of carbonyl (C=O) groups excluding carboxylic acids is 2. The van der Waals surface area contributed by atoms with E-state index >= 15 is 0 Å². The molecule has 0 atom stereocenters. The molecule has 3 aromatic rings. The summed E-state index contributed by atoms with van der Waals surface area (Å²) < 4.78 is 0. The Labute approximate surface area is 188 Å². The van der Waals surface area contributed by atoms with Crippen molar-refractivity contribution in [2.24, 2.45) is 0 Å². The molecule has 3 aromatic carbocycles. The molecular weight excluding hydrogens is 408 g/mol. The molecule has 1 heterocycles. The second kappa shape index (κ2) is 8.20. The molecule has 0 bridgehead atoms. The Bertz CT molecular complexity index is 1140. The maximum Gasteiger partial charge on any atom is 0.332 e. The highest BCUT2D eigenvalue weighted by Gasteiger charge is 2.52. The standard InChI is InChI=1S/C26H25ClN2O2/c1-18-15-22(27)13-14-23(18)29-24(30)26(2,3)28(25(29)31)17-21-12-8-7-11-20(21)16-19-9-5-4-6-10-19/h4-15H,16-17H2,1-3H3. The van der Waals surface area contributed by atoms with Crippen LogP contribution in [-0.2, 0) is 17.8 Å². The summed E-state index contributed by atoms with van der Waals surface area (Å²) in [5.41, 5.74) is 3.80. The van der Waals surface area contributed by atoms with Crippen molar-refractivity contribution < 1.29 is 9.59 Å². The van der Waals surface area contributed by atoms with Crippen LogP contribution in [-0.4, -0.2) is 22.4 Å². The third-order valence-corrected chi connectivity index (χ3v) is 6.14. The van der Waals surface area contributed by atoms with Gasteiger partial charge in [-0.25, -0.2) is 9.69 Å². The number of anilines is 1. The van der Waals surface area contributed by atoms with Gasteiger partial charge < -0.3 is 4.90 Å². The summed E-state index contributed by atoms with van der Waals surface area (Å²) in [5.74, 6) is -0.233. The summed E-state index contributed by atoms with van der Waals surface area (Å²) in [4.78, 5) is 29.7. The molecule has 0 aliphatic carbocycles.